The first-order valence-electron chi connectivity index (χ1n) is 9.55. The second-order valence-corrected chi connectivity index (χ2v) is 7.82. The zero-order valence-corrected chi connectivity index (χ0v) is 16.2. The minimum absolute atomic E-state index is 0.118. The normalized spacial score (nSPS) is 17.2. The number of anilines is 2. The van der Waals surface area contributed by atoms with Crippen LogP contribution in [0.2, 0.25) is 0 Å². The number of carbonyl (C=O) groups excluding carboxylic acids is 2. The Morgan fingerprint density at radius 1 is 1.25 bits per heavy atom. The van der Waals surface area contributed by atoms with Gasteiger partial charge in [-0.25, -0.2) is 0 Å². The van der Waals surface area contributed by atoms with E-state index in [1.54, 1.807) is 11.0 Å². The second-order valence-electron chi connectivity index (χ2n) is 7.82. The third kappa shape index (κ3) is 3.81. The molecule has 28 heavy (non-hydrogen) atoms. The number of rotatable bonds is 5. The topological polar surface area (TPSA) is 67.9 Å². The van der Waals surface area contributed by atoms with Crippen LogP contribution in [-0.2, 0) is 16.0 Å². The smallest absolute Gasteiger partial charge is 0.262 e. The summed E-state index contributed by atoms with van der Waals surface area (Å²) in [5.41, 5.74) is 2.27. The molecule has 2 aromatic rings. The maximum absolute atomic E-state index is 12.4. The standard InChI is InChI=1S/C22H24N2O4/c1-22(2)13-15-6-3-9-18(21(15)28-22)27-14-19(25)23-16-7-4-8-17(12-16)24-11-5-10-20(24)26/h3-4,6-9,12H,5,10-11,13-14H2,1-2H3,(H,23,25). The lowest BCUT2D eigenvalue weighted by atomic mass is 10.0. The van der Waals surface area contributed by atoms with Crippen molar-refractivity contribution in [3.05, 3.63) is 48.0 Å². The summed E-state index contributed by atoms with van der Waals surface area (Å²) in [6, 6.07) is 13.1. The molecule has 2 aliphatic heterocycles. The molecular formula is C22H24N2O4. The first-order chi connectivity index (χ1) is 13.4. The Kier molecular flexibility index (Phi) is 4.71. The van der Waals surface area contributed by atoms with Gasteiger partial charge in [0, 0.05) is 36.3 Å². The van der Waals surface area contributed by atoms with E-state index in [2.05, 4.69) is 5.32 Å². The van der Waals surface area contributed by atoms with Crippen LogP contribution in [0.5, 0.6) is 11.5 Å². The minimum atomic E-state index is -0.266. The molecule has 2 aromatic carbocycles. The van der Waals surface area contributed by atoms with E-state index < -0.39 is 0 Å². The number of carbonyl (C=O) groups is 2. The predicted octanol–water partition coefficient (Wildman–Crippen LogP) is 3.54. The molecule has 0 spiro atoms. The van der Waals surface area contributed by atoms with Crippen LogP contribution in [-0.4, -0.2) is 30.6 Å². The van der Waals surface area contributed by atoms with E-state index in [1.165, 1.54) is 0 Å². The molecule has 0 radical (unpaired) electrons. The van der Waals surface area contributed by atoms with Crippen LogP contribution >= 0.6 is 0 Å². The number of nitrogens with one attached hydrogen (secondary N) is 1. The van der Waals surface area contributed by atoms with E-state index in [9.17, 15) is 9.59 Å². The van der Waals surface area contributed by atoms with Crippen molar-refractivity contribution in [2.45, 2.75) is 38.7 Å². The number of benzene rings is 2. The Morgan fingerprint density at radius 3 is 2.86 bits per heavy atom. The lowest BCUT2D eigenvalue weighted by Crippen LogP contribution is -2.25. The third-order valence-electron chi connectivity index (χ3n) is 4.93. The maximum Gasteiger partial charge on any atom is 0.262 e. The van der Waals surface area contributed by atoms with Crippen molar-refractivity contribution in [3.63, 3.8) is 0 Å². The van der Waals surface area contributed by atoms with Crippen LogP contribution in [0.1, 0.15) is 32.3 Å². The number of para-hydroxylation sites is 1. The lowest BCUT2D eigenvalue weighted by molar-refractivity contribution is -0.118. The SMILES string of the molecule is CC1(C)Cc2cccc(OCC(=O)Nc3cccc(N4CCCC4=O)c3)c2O1. The second kappa shape index (κ2) is 7.19. The summed E-state index contributed by atoms with van der Waals surface area (Å²) in [6.07, 6.45) is 2.25. The quantitative estimate of drug-likeness (QED) is 0.861. The molecule has 1 N–H and O–H groups in total. The Morgan fingerprint density at radius 2 is 2.07 bits per heavy atom. The van der Waals surface area contributed by atoms with Crippen molar-refractivity contribution in [2.75, 3.05) is 23.4 Å². The van der Waals surface area contributed by atoms with Crippen LogP contribution in [0.4, 0.5) is 11.4 Å². The molecule has 0 saturated carbocycles. The van der Waals surface area contributed by atoms with E-state index in [1.807, 2.05) is 50.2 Å². The molecule has 0 aromatic heterocycles. The Balaban J connectivity index is 1.39. The van der Waals surface area contributed by atoms with Gasteiger partial charge in [0.15, 0.2) is 18.1 Å². The molecular weight excluding hydrogens is 356 g/mol. The van der Waals surface area contributed by atoms with E-state index in [4.69, 9.17) is 9.47 Å². The van der Waals surface area contributed by atoms with Crippen molar-refractivity contribution in [3.8, 4) is 11.5 Å². The van der Waals surface area contributed by atoms with Gasteiger partial charge in [-0.3, -0.25) is 9.59 Å². The summed E-state index contributed by atoms with van der Waals surface area (Å²) in [4.78, 5) is 26.0. The van der Waals surface area contributed by atoms with E-state index >= 15 is 0 Å². The largest absolute Gasteiger partial charge is 0.483 e. The molecule has 0 unspecified atom stereocenters. The number of ether oxygens (including phenoxy) is 2. The zero-order valence-electron chi connectivity index (χ0n) is 16.2. The summed E-state index contributed by atoms with van der Waals surface area (Å²) in [5, 5.41) is 2.83. The number of hydrogen-bond acceptors (Lipinski definition) is 4. The molecule has 0 atom stereocenters. The average molecular weight is 380 g/mol. The van der Waals surface area contributed by atoms with Crippen LogP contribution in [0.25, 0.3) is 0 Å². The number of fused-ring (bicyclic) bond motifs is 1. The molecule has 6 heteroatoms. The summed E-state index contributed by atoms with van der Waals surface area (Å²) in [6.45, 7) is 4.66. The van der Waals surface area contributed by atoms with E-state index in [0.29, 0.717) is 17.9 Å². The molecule has 2 heterocycles. The molecule has 4 rings (SSSR count). The van der Waals surface area contributed by atoms with Gasteiger partial charge in [0.2, 0.25) is 5.91 Å². The summed E-state index contributed by atoms with van der Waals surface area (Å²) in [5.74, 6) is 1.15. The summed E-state index contributed by atoms with van der Waals surface area (Å²) in [7, 11) is 0. The van der Waals surface area contributed by atoms with Crippen LogP contribution < -0.4 is 19.7 Å². The van der Waals surface area contributed by atoms with Gasteiger partial charge in [-0.05, 0) is 44.5 Å². The molecule has 146 valence electrons. The zero-order chi connectivity index (χ0) is 19.7. The fourth-order valence-corrected chi connectivity index (χ4v) is 3.71. The number of nitrogens with zero attached hydrogens (tertiary/aromatic N) is 1. The highest BCUT2D eigenvalue weighted by Gasteiger charge is 2.32. The summed E-state index contributed by atoms with van der Waals surface area (Å²) < 4.78 is 11.7. The lowest BCUT2D eigenvalue weighted by Gasteiger charge is -2.18. The van der Waals surface area contributed by atoms with Gasteiger partial charge in [-0.1, -0.05) is 18.2 Å². The average Bonchev–Trinajstić information content (AvgIpc) is 3.21. The molecule has 2 aliphatic rings. The van der Waals surface area contributed by atoms with Gasteiger partial charge >= 0.3 is 0 Å². The highest BCUT2D eigenvalue weighted by molar-refractivity contribution is 5.97. The van der Waals surface area contributed by atoms with Gasteiger partial charge in [0.1, 0.15) is 5.60 Å². The number of amides is 2. The highest BCUT2D eigenvalue weighted by atomic mass is 16.5. The fourth-order valence-electron chi connectivity index (χ4n) is 3.71. The Bertz CT molecular complexity index is 923. The molecule has 1 fully saturated rings. The highest BCUT2D eigenvalue weighted by Crippen LogP contribution is 2.41. The Hall–Kier alpha value is -3.02. The fraction of sp³-hybridized carbons (Fsp3) is 0.364. The number of hydrogen-bond donors (Lipinski definition) is 1. The van der Waals surface area contributed by atoms with Gasteiger partial charge < -0.3 is 19.7 Å². The van der Waals surface area contributed by atoms with Crippen LogP contribution in [0, 0.1) is 0 Å². The first-order valence-corrected chi connectivity index (χ1v) is 9.55. The molecule has 2 amide bonds. The van der Waals surface area contributed by atoms with Gasteiger partial charge in [-0.15, -0.1) is 0 Å². The molecule has 6 nitrogen and oxygen atoms in total. The Labute approximate surface area is 164 Å². The maximum atomic E-state index is 12.4. The molecule has 0 aliphatic carbocycles. The monoisotopic (exact) mass is 380 g/mol. The van der Waals surface area contributed by atoms with Crippen molar-refractivity contribution >= 4 is 23.2 Å². The van der Waals surface area contributed by atoms with Gasteiger partial charge in [0.25, 0.3) is 5.91 Å². The van der Waals surface area contributed by atoms with Crippen LogP contribution in [0.3, 0.4) is 0 Å². The van der Waals surface area contributed by atoms with Crippen LogP contribution in [0.15, 0.2) is 42.5 Å². The van der Waals surface area contributed by atoms with E-state index in [-0.39, 0.29) is 24.0 Å². The van der Waals surface area contributed by atoms with Crippen molar-refractivity contribution < 1.29 is 19.1 Å². The summed E-state index contributed by atoms with van der Waals surface area (Å²) >= 11 is 0. The van der Waals surface area contributed by atoms with Gasteiger partial charge in [0.05, 0.1) is 0 Å². The molecule has 0 bridgehead atoms. The van der Waals surface area contributed by atoms with E-state index in [0.717, 1.165) is 36.4 Å². The minimum Gasteiger partial charge on any atom is -0.483 e. The third-order valence-corrected chi connectivity index (χ3v) is 4.93. The molecule has 1 saturated heterocycles. The van der Waals surface area contributed by atoms with Crippen molar-refractivity contribution in [1.29, 1.82) is 0 Å². The van der Waals surface area contributed by atoms with Gasteiger partial charge in [-0.2, -0.15) is 0 Å². The first kappa shape index (κ1) is 18.3. The van der Waals surface area contributed by atoms with Crippen molar-refractivity contribution in [1.82, 2.24) is 0 Å². The predicted molar refractivity (Wildman–Crippen MR) is 107 cm³/mol. The van der Waals surface area contributed by atoms with Crippen molar-refractivity contribution in [2.24, 2.45) is 0 Å².